The summed E-state index contributed by atoms with van der Waals surface area (Å²) in [6, 6.07) is 12.3. The van der Waals surface area contributed by atoms with Crippen LogP contribution in [0.15, 0.2) is 59.5 Å². The molecular formula is C20H21F3N2O3S. The summed E-state index contributed by atoms with van der Waals surface area (Å²) in [5.41, 5.74) is -0.355. The maximum atomic E-state index is 13.1. The zero-order chi connectivity index (χ0) is 21.3. The van der Waals surface area contributed by atoms with Gasteiger partial charge in [0.2, 0.25) is 15.9 Å². The van der Waals surface area contributed by atoms with Gasteiger partial charge >= 0.3 is 6.18 Å². The van der Waals surface area contributed by atoms with E-state index in [1.807, 2.05) is 35.1 Å². The Bertz CT molecular complexity index is 988. The van der Waals surface area contributed by atoms with Crippen LogP contribution in [0.2, 0.25) is 0 Å². The second-order valence-corrected chi connectivity index (χ2v) is 8.88. The van der Waals surface area contributed by atoms with Gasteiger partial charge in [0.05, 0.1) is 16.5 Å². The number of amides is 1. The number of nitrogens with one attached hydrogen (secondary N) is 2. The van der Waals surface area contributed by atoms with Crippen molar-refractivity contribution in [3.8, 4) is 0 Å². The minimum atomic E-state index is -4.83. The number of sulfonamides is 1. The number of hydrogen-bond donors (Lipinski definition) is 2. The molecule has 1 aliphatic rings. The molecule has 5 nitrogen and oxygen atoms in total. The van der Waals surface area contributed by atoms with Gasteiger partial charge in [-0.2, -0.15) is 17.9 Å². The number of halogens is 3. The lowest BCUT2D eigenvalue weighted by Gasteiger charge is -2.20. The quantitative estimate of drug-likeness (QED) is 0.714. The van der Waals surface area contributed by atoms with Crippen molar-refractivity contribution in [2.24, 2.45) is 0 Å². The van der Waals surface area contributed by atoms with Crippen LogP contribution in [0.25, 0.3) is 0 Å². The summed E-state index contributed by atoms with van der Waals surface area (Å²) in [5.74, 6) is -0.597. The Morgan fingerprint density at radius 1 is 1.07 bits per heavy atom. The Hall–Kier alpha value is -2.39. The Labute approximate surface area is 167 Å². The van der Waals surface area contributed by atoms with Gasteiger partial charge in [-0.1, -0.05) is 42.5 Å². The average Bonchev–Trinajstić information content (AvgIpc) is 3.47. The number of alkyl halides is 3. The molecule has 1 saturated carbocycles. The molecule has 0 aromatic heterocycles. The van der Waals surface area contributed by atoms with Crippen LogP contribution in [0.1, 0.15) is 30.9 Å². The maximum absolute atomic E-state index is 13.1. The molecule has 0 unspecified atom stereocenters. The van der Waals surface area contributed by atoms with Crippen LogP contribution >= 0.6 is 0 Å². The summed E-state index contributed by atoms with van der Waals surface area (Å²) in [6.45, 7) is 1.63. The van der Waals surface area contributed by atoms with Crippen LogP contribution < -0.4 is 10.0 Å². The maximum Gasteiger partial charge on any atom is 0.417 e. The van der Waals surface area contributed by atoms with Crippen LogP contribution in [-0.4, -0.2) is 26.9 Å². The highest BCUT2D eigenvalue weighted by molar-refractivity contribution is 7.89. The second kappa shape index (κ2) is 7.79. The van der Waals surface area contributed by atoms with Gasteiger partial charge in [-0.15, -0.1) is 0 Å². The summed E-state index contributed by atoms with van der Waals surface area (Å²) < 4.78 is 66.3. The molecule has 0 bridgehead atoms. The van der Waals surface area contributed by atoms with E-state index in [0.717, 1.165) is 30.5 Å². The van der Waals surface area contributed by atoms with E-state index < -0.39 is 38.6 Å². The molecule has 0 aliphatic heterocycles. The zero-order valence-electron chi connectivity index (χ0n) is 15.7. The van der Waals surface area contributed by atoms with Crippen molar-refractivity contribution in [2.75, 3.05) is 6.54 Å². The zero-order valence-corrected chi connectivity index (χ0v) is 16.5. The van der Waals surface area contributed by atoms with Crippen molar-refractivity contribution in [1.82, 2.24) is 10.0 Å². The number of benzene rings is 2. The molecule has 2 aromatic rings. The smallest absolute Gasteiger partial charge is 0.354 e. The minimum Gasteiger partial charge on any atom is -0.354 e. The molecule has 2 N–H and O–H groups in total. The van der Waals surface area contributed by atoms with E-state index in [2.05, 4.69) is 5.32 Å². The number of carbonyl (C=O) groups is 1. The number of carbonyl (C=O) groups excluding carboxylic acids is 1. The SMILES string of the molecule is C[C@H](NS(=O)(=O)c1ccccc1C(F)(F)F)C(=O)NCC1(c2ccccc2)CC1. The molecule has 9 heteroatoms. The fraction of sp³-hybridized carbons (Fsp3) is 0.350. The lowest BCUT2D eigenvalue weighted by molar-refractivity contribution is -0.139. The largest absolute Gasteiger partial charge is 0.417 e. The fourth-order valence-electron chi connectivity index (χ4n) is 3.20. The molecule has 156 valence electrons. The molecule has 0 spiro atoms. The summed E-state index contributed by atoms with van der Waals surface area (Å²) in [7, 11) is -4.54. The lowest BCUT2D eigenvalue weighted by Crippen LogP contribution is -2.46. The van der Waals surface area contributed by atoms with Gasteiger partial charge in [-0.3, -0.25) is 4.79 Å². The van der Waals surface area contributed by atoms with Crippen molar-refractivity contribution in [2.45, 2.75) is 42.3 Å². The molecule has 1 atom stereocenters. The predicted molar refractivity (Wildman–Crippen MR) is 102 cm³/mol. The van der Waals surface area contributed by atoms with Crippen LogP contribution in [0, 0.1) is 0 Å². The summed E-state index contributed by atoms with van der Waals surface area (Å²) in [6.07, 6.45) is -3.03. The topological polar surface area (TPSA) is 75.3 Å². The van der Waals surface area contributed by atoms with Crippen molar-refractivity contribution < 1.29 is 26.4 Å². The summed E-state index contributed by atoms with van der Waals surface area (Å²) in [4.78, 5) is 11.5. The van der Waals surface area contributed by atoms with Gasteiger partial charge in [0.25, 0.3) is 0 Å². The first-order chi connectivity index (χ1) is 13.6. The Kier molecular flexibility index (Phi) is 5.73. The molecule has 0 saturated heterocycles. The third kappa shape index (κ3) is 4.79. The first-order valence-electron chi connectivity index (χ1n) is 9.07. The molecule has 0 radical (unpaired) electrons. The molecule has 1 amide bonds. The first kappa shape index (κ1) is 21.3. The Balaban J connectivity index is 1.67. The van der Waals surface area contributed by atoms with Crippen LogP contribution in [0.5, 0.6) is 0 Å². The molecule has 2 aromatic carbocycles. The number of rotatable bonds is 7. The molecule has 0 heterocycles. The van der Waals surface area contributed by atoms with Crippen molar-refractivity contribution >= 4 is 15.9 Å². The monoisotopic (exact) mass is 426 g/mol. The minimum absolute atomic E-state index is 0.168. The van der Waals surface area contributed by atoms with E-state index >= 15 is 0 Å². The van der Waals surface area contributed by atoms with Gasteiger partial charge < -0.3 is 5.32 Å². The van der Waals surface area contributed by atoms with Gasteiger partial charge in [0.15, 0.2) is 0 Å². The van der Waals surface area contributed by atoms with Crippen molar-refractivity contribution in [3.05, 3.63) is 65.7 Å². The normalized spacial score (nSPS) is 16.8. The summed E-state index contributed by atoms with van der Waals surface area (Å²) >= 11 is 0. The molecule has 3 rings (SSSR count). The van der Waals surface area contributed by atoms with Gasteiger partial charge in [-0.05, 0) is 37.5 Å². The van der Waals surface area contributed by atoms with Crippen LogP contribution in [-0.2, 0) is 26.4 Å². The number of hydrogen-bond acceptors (Lipinski definition) is 3. The molecule has 29 heavy (non-hydrogen) atoms. The third-order valence-electron chi connectivity index (χ3n) is 5.05. The van der Waals surface area contributed by atoms with Crippen LogP contribution in [0.3, 0.4) is 0 Å². The third-order valence-corrected chi connectivity index (χ3v) is 6.65. The summed E-state index contributed by atoms with van der Waals surface area (Å²) in [5, 5.41) is 2.71. The average molecular weight is 426 g/mol. The van der Waals surface area contributed by atoms with E-state index in [0.29, 0.717) is 12.6 Å². The van der Waals surface area contributed by atoms with E-state index in [9.17, 15) is 26.4 Å². The lowest BCUT2D eigenvalue weighted by atomic mass is 9.96. The van der Waals surface area contributed by atoms with E-state index in [-0.39, 0.29) is 5.41 Å². The fourth-order valence-corrected chi connectivity index (χ4v) is 4.63. The van der Waals surface area contributed by atoms with Gasteiger partial charge in [-0.25, -0.2) is 8.42 Å². The highest BCUT2D eigenvalue weighted by atomic mass is 32.2. The van der Waals surface area contributed by atoms with E-state index in [1.165, 1.54) is 13.0 Å². The Morgan fingerprint density at radius 2 is 1.66 bits per heavy atom. The van der Waals surface area contributed by atoms with E-state index in [4.69, 9.17) is 0 Å². The highest BCUT2D eigenvalue weighted by Crippen LogP contribution is 2.47. The highest BCUT2D eigenvalue weighted by Gasteiger charge is 2.44. The van der Waals surface area contributed by atoms with E-state index in [1.54, 1.807) is 0 Å². The van der Waals surface area contributed by atoms with Crippen LogP contribution in [0.4, 0.5) is 13.2 Å². The predicted octanol–water partition coefficient (Wildman–Crippen LogP) is 3.22. The molecular weight excluding hydrogens is 405 g/mol. The molecule has 1 fully saturated rings. The van der Waals surface area contributed by atoms with Gasteiger partial charge in [0, 0.05) is 12.0 Å². The van der Waals surface area contributed by atoms with Crippen molar-refractivity contribution in [3.63, 3.8) is 0 Å². The van der Waals surface area contributed by atoms with Gasteiger partial charge in [0.1, 0.15) is 0 Å². The molecule has 1 aliphatic carbocycles. The first-order valence-corrected chi connectivity index (χ1v) is 10.6. The Morgan fingerprint density at radius 3 is 2.24 bits per heavy atom. The standard InChI is InChI=1S/C20H21F3N2O3S/c1-14(18(26)24-13-19(11-12-19)15-7-3-2-4-8-15)25-29(27,28)17-10-6-5-9-16(17)20(21,22)23/h2-10,14,25H,11-13H2,1H3,(H,24,26)/t14-/m0/s1. The van der Waals surface area contributed by atoms with Crippen molar-refractivity contribution in [1.29, 1.82) is 0 Å². The second-order valence-electron chi connectivity index (χ2n) is 7.20.